The van der Waals surface area contributed by atoms with Crippen LogP contribution < -0.4 is 29.1 Å². The van der Waals surface area contributed by atoms with Crippen LogP contribution in [0.3, 0.4) is 0 Å². The highest BCUT2D eigenvalue weighted by atomic mass is 32.1. The quantitative estimate of drug-likeness (QED) is 0.215. The molecule has 216 valence electrons. The number of esters is 1. The van der Waals surface area contributed by atoms with Crippen molar-refractivity contribution in [2.24, 2.45) is 4.99 Å². The van der Waals surface area contributed by atoms with Crippen molar-refractivity contribution >= 4 is 29.1 Å². The lowest BCUT2D eigenvalue weighted by Crippen LogP contribution is -2.40. The molecular weight excluding hydrogens is 554 g/mol. The van der Waals surface area contributed by atoms with Crippen molar-refractivity contribution in [3.63, 3.8) is 0 Å². The van der Waals surface area contributed by atoms with Crippen molar-refractivity contribution in [1.29, 1.82) is 0 Å². The topological polar surface area (TPSA) is 152 Å². The molecule has 1 unspecified atom stereocenters. The van der Waals surface area contributed by atoms with Crippen LogP contribution in [0, 0.1) is 10.1 Å². The van der Waals surface area contributed by atoms with Crippen LogP contribution in [0.2, 0.25) is 0 Å². The SMILES string of the molecule is CCOC(=O)C1=C(C)N=c2s/c(=C\c3cc(OC)c(O)c([N+](=O)[O-])c3)c(=O)n2C1c1ccc(OCC)c(OCC)c1. The molecule has 0 aliphatic carbocycles. The minimum atomic E-state index is -0.897. The van der Waals surface area contributed by atoms with E-state index in [9.17, 15) is 24.8 Å². The minimum Gasteiger partial charge on any atom is -0.500 e. The number of aromatic hydroxyl groups is 1. The fourth-order valence-electron chi connectivity index (χ4n) is 4.49. The maximum absolute atomic E-state index is 13.9. The van der Waals surface area contributed by atoms with E-state index < -0.39 is 33.9 Å². The molecule has 1 aliphatic heterocycles. The number of carbonyl (C=O) groups is 1. The van der Waals surface area contributed by atoms with Crippen molar-refractivity contribution in [1.82, 2.24) is 4.57 Å². The number of ether oxygens (including phenoxy) is 4. The summed E-state index contributed by atoms with van der Waals surface area (Å²) in [6, 6.07) is 6.83. The van der Waals surface area contributed by atoms with Crippen LogP contribution in [0.15, 0.2) is 51.4 Å². The summed E-state index contributed by atoms with van der Waals surface area (Å²) in [7, 11) is 1.27. The number of nitro benzene ring substituents is 1. The number of nitrogens with zero attached hydrogens (tertiary/aromatic N) is 3. The molecule has 0 fully saturated rings. The molecule has 13 heteroatoms. The van der Waals surface area contributed by atoms with Crippen molar-refractivity contribution in [2.45, 2.75) is 33.7 Å². The zero-order valence-electron chi connectivity index (χ0n) is 23.1. The number of rotatable bonds is 10. The van der Waals surface area contributed by atoms with Crippen LogP contribution in [0.25, 0.3) is 6.08 Å². The summed E-state index contributed by atoms with van der Waals surface area (Å²) in [4.78, 5) is 42.7. The Morgan fingerprint density at radius 3 is 2.46 bits per heavy atom. The number of phenols is 1. The first-order valence-electron chi connectivity index (χ1n) is 12.8. The van der Waals surface area contributed by atoms with E-state index in [2.05, 4.69) is 4.99 Å². The lowest BCUT2D eigenvalue weighted by atomic mass is 9.95. The summed E-state index contributed by atoms with van der Waals surface area (Å²) >= 11 is 1.06. The molecule has 0 radical (unpaired) electrons. The average Bonchev–Trinajstić information content (AvgIpc) is 3.23. The fraction of sp³-hybridized carbons (Fsp3) is 0.321. The van der Waals surface area contributed by atoms with E-state index in [-0.39, 0.29) is 28.0 Å². The van der Waals surface area contributed by atoms with Crippen LogP contribution in [0.4, 0.5) is 5.69 Å². The molecule has 0 amide bonds. The van der Waals surface area contributed by atoms with E-state index in [1.54, 1.807) is 32.0 Å². The Hall–Kier alpha value is -4.65. The zero-order chi connectivity index (χ0) is 29.8. The second kappa shape index (κ2) is 12.3. The van der Waals surface area contributed by atoms with E-state index >= 15 is 0 Å². The molecule has 2 aromatic carbocycles. The molecule has 1 aliphatic rings. The predicted molar refractivity (Wildman–Crippen MR) is 150 cm³/mol. The monoisotopic (exact) mass is 583 g/mol. The second-order valence-electron chi connectivity index (χ2n) is 8.72. The van der Waals surface area contributed by atoms with Gasteiger partial charge in [0.25, 0.3) is 5.56 Å². The van der Waals surface area contributed by atoms with Gasteiger partial charge < -0.3 is 24.1 Å². The largest absolute Gasteiger partial charge is 0.500 e. The number of phenolic OH excluding ortho intramolecular Hbond substituents is 1. The number of nitro groups is 1. The molecule has 4 rings (SSSR count). The number of aromatic nitrogens is 1. The average molecular weight is 584 g/mol. The number of hydrogen-bond donors (Lipinski definition) is 1. The molecule has 1 aromatic heterocycles. The molecule has 0 spiro atoms. The van der Waals surface area contributed by atoms with Crippen LogP contribution in [-0.2, 0) is 9.53 Å². The number of thiazole rings is 1. The Balaban J connectivity index is 1.97. The smallest absolute Gasteiger partial charge is 0.338 e. The van der Waals surface area contributed by atoms with E-state index in [1.807, 2.05) is 13.8 Å². The Morgan fingerprint density at radius 1 is 1.12 bits per heavy atom. The first-order valence-corrected chi connectivity index (χ1v) is 13.6. The molecule has 41 heavy (non-hydrogen) atoms. The van der Waals surface area contributed by atoms with E-state index in [0.29, 0.717) is 40.8 Å². The van der Waals surface area contributed by atoms with Gasteiger partial charge in [0.05, 0.1) is 53.7 Å². The lowest BCUT2D eigenvalue weighted by molar-refractivity contribution is -0.386. The van der Waals surface area contributed by atoms with Crippen LogP contribution in [0.1, 0.15) is 44.9 Å². The number of carbonyl (C=O) groups excluding carboxylic acids is 1. The number of allylic oxidation sites excluding steroid dienone is 1. The molecule has 1 atom stereocenters. The molecule has 0 saturated heterocycles. The van der Waals surface area contributed by atoms with Gasteiger partial charge in [-0.2, -0.15) is 0 Å². The Kier molecular flexibility index (Phi) is 8.77. The minimum absolute atomic E-state index is 0.116. The molecule has 0 bridgehead atoms. The summed E-state index contributed by atoms with van der Waals surface area (Å²) in [5, 5.41) is 21.6. The summed E-state index contributed by atoms with van der Waals surface area (Å²) in [6.45, 7) is 7.96. The van der Waals surface area contributed by atoms with Crippen LogP contribution in [0.5, 0.6) is 23.0 Å². The molecule has 0 saturated carbocycles. The maximum atomic E-state index is 13.9. The highest BCUT2D eigenvalue weighted by Crippen LogP contribution is 2.38. The van der Waals surface area contributed by atoms with Gasteiger partial charge in [-0.25, -0.2) is 9.79 Å². The second-order valence-corrected chi connectivity index (χ2v) is 9.73. The first kappa shape index (κ1) is 29.3. The van der Waals surface area contributed by atoms with Crippen molar-refractivity contribution in [3.8, 4) is 23.0 Å². The van der Waals surface area contributed by atoms with Gasteiger partial charge in [0.15, 0.2) is 22.0 Å². The van der Waals surface area contributed by atoms with E-state index in [0.717, 1.165) is 17.4 Å². The van der Waals surface area contributed by atoms with Crippen molar-refractivity contribution < 1.29 is 33.8 Å². The third-order valence-corrected chi connectivity index (χ3v) is 7.17. The van der Waals surface area contributed by atoms with Crippen molar-refractivity contribution in [3.05, 3.63) is 82.5 Å². The van der Waals surface area contributed by atoms with Gasteiger partial charge in [-0.1, -0.05) is 17.4 Å². The normalized spacial score (nSPS) is 14.8. The Labute approximate surface area is 238 Å². The summed E-state index contributed by atoms with van der Waals surface area (Å²) < 4.78 is 23.5. The van der Waals surface area contributed by atoms with Gasteiger partial charge in [-0.3, -0.25) is 19.5 Å². The summed E-state index contributed by atoms with van der Waals surface area (Å²) in [6.07, 6.45) is 1.45. The highest BCUT2D eigenvalue weighted by molar-refractivity contribution is 7.07. The predicted octanol–water partition coefficient (Wildman–Crippen LogP) is 3.22. The molecule has 12 nitrogen and oxygen atoms in total. The van der Waals surface area contributed by atoms with Crippen LogP contribution in [-0.4, -0.2) is 47.5 Å². The first-order chi connectivity index (χ1) is 19.6. The van der Waals surface area contributed by atoms with Gasteiger partial charge in [0, 0.05) is 6.07 Å². The third kappa shape index (κ3) is 5.66. The van der Waals surface area contributed by atoms with E-state index in [1.165, 1.54) is 23.8 Å². The fourth-order valence-corrected chi connectivity index (χ4v) is 5.53. The molecule has 2 heterocycles. The van der Waals surface area contributed by atoms with Crippen molar-refractivity contribution in [2.75, 3.05) is 26.9 Å². The van der Waals surface area contributed by atoms with E-state index in [4.69, 9.17) is 18.9 Å². The number of hydrogen-bond acceptors (Lipinski definition) is 11. The standard InChI is InChI=1S/C28H29N3O9S/c1-6-38-19-10-9-17(14-20(19)39-7-2)24-23(27(34)40-8-3)15(4)29-28-30(24)26(33)22(41-28)13-16-11-18(31(35)36)25(32)21(12-16)37-5/h9-14,24,32H,6-8H2,1-5H3/b22-13-. The maximum Gasteiger partial charge on any atom is 0.338 e. The summed E-state index contributed by atoms with van der Waals surface area (Å²) in [5.41, 5.74) is 0.363. The van der Waals surface area contributed by atoms with Gasteiger partial charge >= 0.3 is 11.7 Å². The molecular formula is C28H29N3O9S. The number of benzene rings is 2. The van der Waals surface area contributed by atoms with Crippen LogP contribution >= 0.6 is 11.3 Å². The third-order valence-electron chi connectivity index (χ3n) is 6.19. The number of fused-ring (bicyclic) bond motifs is 1. The Morgan fingerprint density at radius 2 is 1.83 bits per heavy atom. The zero-order valence-corrected chi connectivity index (χ0v) is 23.9. The summed E-state index contributed by atoms with van der Waals surface area (Å²) in [5.74, 6) is -0.373. The highest BCUT2D eigenvalue weighted by Gasteiger charge is 2.34. The lowest BCUT2D eigenvalue weighted by Gasteiger charge is -2.25. The van der Waals surface area contributed by atoms with Gasteiger partial charge in [0.1, 0.15) is 0 Å². The molecule has 3 aromatic rings. The van der Waals surface area contributed by atoms with Gasteiger partial charge in [-0.05, 0) is 63.1 Å². The number of methoxy groups -OCH3 is 1. The molecule has 1 N–H and O–H groups in total. The van der Waals surface area contributed by atoms with Gasteiger partial charge in [-0.15, -0.1) is 0 Å². The Bertz CT molecular complexity index is 1720. The van der Waals surface area contributed by atoms with Gasteiger partial charge in [0.2, 0.25) is 5.75 Å².